The maximum absolute atomic E-state index is 14.1. The average molecular weight is 262 g/mol. The van der Waals surface area contributed by atoms with E-state index in [-0.39, 0.29) is 5.82 Å². The first-order valence-electron chi connectivity index (χ1n) is 7.55. The highest BCUT2D eigenvalue weighted by Crippen LogP contribution is 2.40. The monoisotopic (exact) mass is 262 g/mol. The Kier molecular flexibility index (Phi) is 3.74. The summed E-state index contributed by atoms with van der Waals surface area (Å²) >= 11 is 0. The van der Waals surface area contributed by atoms with Crippen molar-refractivity contribution in [1.82, 2.24) is 0 Å². The van der Waals surface area contributed by atoms with Crippen LogP contribution in [0, 0.1) is 11.7 Å². The van der Waals surface area contributed by atoms with Gasteiger partial charge in [0.1, 0.15) is 5.82 Å². The lowest BCUT2D eigenvalue weighted by Crippen LogP contribution is -2.43. The summed E-state index contributed by atoms with van der Waals surface area (Å²) in [5.41, 5.74) is 7.57. The molecule has 2 atom stereocenters. The molecule has 104 valence electrons. The number of nitrogens with zero attached hydrogens (tertiary/aromatic N) is 1. The topological polar surface area (TPSA) is 29.3 Å². The van der Waals surface area contributed by atoms with Crippen molar-refractivity contribution in [2.45, 2.75) is 44.6 Å². The number of hydrogen-bond donors (Lipinski definition) is 1. The van der Waals surface area contributed by atoms with Crippen LogP contribution in [0.4, 0.5) is 10.1 Å². The van der Waals surface area contributed by atoms with Crippen LogP contribution in [0.15, 0.2) is 18.2 Å². The van der Waals surface area contributed by atoms with Gasteiger partial charge >= 0.3 is 0 Å². The molecule has 0 bridgehead atoms. The highest BCUT2D eigenvalue weighted by atomic mass is 19.1. The molecule has 0 spiro atoms. The standard InChI is InChI=1S/C16H23FN2/c17-14-6-2-8-16(13(14)9-10-18)19-11-3-5-12-4-1-7-15(12)19/h2,6,8,12,15H,1,3-5,7,9-11,18H2. The Hall–Kier alpha value is -1.09. The van der Waals surface area contributed by atoms with Gasteiger partial charge in [-0.3, -0.25) is 0 Å². The molecule has 1 aromatic carbocycles. The van der Waals surface area contributed by atoms with Crippen LogP contribution in [0.3, 0.4) is 0 Å². The summed E-state index contributed by atoms with van der Waals surface area (Å²) in [7, 11) is 0. The van der Waals surface area contributed by atoms with Crippen LogP contribution in [0.2, 0.25) is 0 Å². The summed E-state index contributed by atoms with van der Waals surface area (Å²) in [6.07, 6.45) is 7.16. The molecule has 2 aliphatic rings. The molecule has 1 saturated heterocycles. The quantitative estimate of drug-likeness (QED) is 0.907. The van der Waals surface area contributed by atoms with Crippen molar-refractivity contribution in [3.05, 3.63) is 29.6 Å². The lowest BCUT2D eigenvalue weighted by molar-refractivity contribution is 0.361. The fourth-order valence-electron chi connectivity index (χ4n) is 3.96. The van der Waals surface area contributed by atoms with E-state index in [2.05, 4.69) is 11.0 Å². The zero-order chi connectivity index (χ0) is 13.2. The molecule has 3 heteroatoms. The minimum atomic E-state index is -0.0944. The maximum atomic E-state index is 14.1. The van der Waals surface area contributed by atoms with Crippen molar-refractivity contribution in [2.75, 3.05) is 18.0 Å². The Morgan fingerprint density at radius 1 is 1.21 bits per heavy atom. The first-order valence-corrected chi connectivity index (χ1v) is 7.55. The van der Waals surface area contributed by atoms with E-state index in [1.54, 1.807) is 6.07 Å². The summed E-state index contributed by atoms with van der Waals surface area (Å²) in [5, 5.41) is 0. The molecule has 19 heavy (non-hydrogen) atoms. The molecule has 2 fully saturated rings. The second-order valence-corrected chi connectivity index (χ2v) is 5.87. The smallest absolute Gasteiger partial charge is 0.128 e. The van der Waals surface area contributed by atoms with Gasteiger partial charge < -0.3 is 10.6 Å². The molecule has 0 amide bonds. The molecule has 3 rings (SSSR count). The Morgan fingerprint density at radius 3 is 2.89 bits per heavy atom. The third-order valence-corrected chi connectivity index (χ3v) is 4.79. The molecule has 2 N–H and O–H groups in total. The molecule has 2 unspecified atom stereocenters. The molecular formula is C16H23FN2. The van der Waals surface area contributed by atoms with Gasteiger partial charge in [-0.1, -0.05) is 12.5 Å². The number of hydrogen-bond acceptors (Lipinski definition) is 2. The van der Waals surface area contributed by atoms with Crippen molar-refractivity contribution in [3.8, 4) is 0 Å². The highest BCUT2D eigenvalue weighted by molar-refractivity contribution is 5.56. The zero-order valence-electron chi connectivity index (χ0n) is 11.4. The van der Waals surface area contributed by atoms with E-state index in [0.717, 1.165) is 23.7 Å². The number of rotatable bonds is 3. The van der Waals surface area contributed by atoms with Gasteiger partial charge in [0.2, 0.25) is 0 Å². The molecule has 1 heterocycles. The van der Waals surface area contributed by atoms with Crippen molar-refractivity contribution in [1.29, 1.82) is 0 Å². The van der Waals surface area contributed by atoms with E-state index in [9.17, 15) is 4.39 Å². The van der Waals surface area contributed by atoms with Crippen molar-refractivity contribution >= 4 is 5.69 Å². The van der Waals surface area contributed by atoms with Crippen LogP contribution < -0.4 is 10.6 Å². The van der Waals surface area contributed by atoms with E-state index in [0.29, 0.717) is 19.0 Å². The largest absolute Gasteiger partial charge is 0.368 e. The lowest BCUT2D eigenvalue weighted by atomic mass is 9.90. The molecule has 1 aliphatic heterocycles. The van der Waals surface area contributed by atoms with Gasteiger partial charge in [0.15, 0.2) is 0 Å². The highest BCUT2D eigenvalue weighted by Gasteiger charge is 2.35. The summed E-state index contributed by atoms with van der Waals surface area (Å²) in [6.45, 7) is 1.58. The Morgan fingerprint density at radius 2 is 2.05 bits per heavy atom. The molecule has 2 nitrogen and oxygen atoms in total. The summed E-state index contributed by atoms with van der Waals surface area (Å²) in [5.74, 6) is 0.728. The number of piperidine rings is 1. The third-order valence-electron chi connectivity index (χ3n) is 4.79. The van der Waals surface area contributed by atoms with Crippen molar-refractivity contribution < 1.29 is 4.39 Å². The van der Waals surface area contributed by atoms with E-state index >= 15 is 0 Å². The van der Waals surface area contributed by atoms with Gasteiger partial charge in [0.05, 0.1) is 0 Å². The zero-order valence-corrected chi connectivity index (χ0v) is 11.4. The molecule has 0 aromatic heterocycles. The first-order chi connectivity index (χ1) is 9.31. The molecule has 0 radical (unpaired) electrons. The number of nitrogens with two attached hydrogens (primary N) is 1. The van der Waals surface area contributed by atoms with Crippen molar-refractivity contribution in [2.24, 2.45) is 11.7 Å². The molecular weight excluding hydrogens is 239 g/mol. The van der Waals surface area contributed by atoms with Gasteiger partial charge in [0, 0.05) is 23.8 Å². The summed E-state index contributed by atoms with van der Waals surface area (Å²) in [4.78, 5) is 2.47. The second kappa shape index (κ2) is 5.49. The number of halogens is 1. The lowest BCUT2D eigenvalue weighted by Gasteiger charge is -2.40. The van der Waals surface area contributed by atoms with Crippen LogP contribution in [0.5, 0.6) is 0 Å². The average Bonchev–Trinajstić information content (AvgIpc) is 2.89. The second-order valence-electron chi connectivity index (χ2n) is 5.87. The van der Waals surface area contributed by atoms with Crippen LogP contribution in [0.1, 0.15) is 37.7 Å². The van der Waals surface area contributed by atoms with Crippen molar-refractivity contribution in [3.63, 3.8) is 0 Å². The van der Waals surface area contributed by atoms with E-state index in [4.69, 9.17) is 5.73 Å². The normalized spacial score (nSPS) is 26.5. The minimum absolute atomic E-state index is 0.0944. The Bertz CT molecular complexity index is 446. The predicted molar refractivity (Wildman–Crippen MR) is 76.9 cm³/mol. The number of fused-ring (bicyclic) bond motifs is 1. The summed E-state index contributed by atoms with van der Waals surface area (Å²) < 4.78 is 14.1. The van der Waals surface area contributed by atoms with Gasteiger partial charge in [0.25, 0.3) is 0 Å². The molecule has 1 saturated carbocycles. The third kappa shape index (κ3) is 2.36. The van der Waals surface area contributed by atoms with Crippen LogP contribution >= 0.6 is 0 Å². The van der Waals surface area contributed by atoms with Crippen LogP contribution in [0.25, 0.3) is 0 Å². The van der Waals surface area contributed by atoms with Crippen LogP contribution in [-0.2, 0) is 6.42 Å². The predicted octanol–water partition coefficient (Wildman–Crippen LogP) is 3.10. The Balaban J connectivity index is 1.94. The van der Waals surface area contributed by atoms with Gasteiger partial charge in [-0.25, -0.2) is 4.39 Å². The maximum Gasteiger partial charge on any atom is 0.128 e. The molecule has 1 aromatic rings. The fourth-order valence-corrected chi connectivity index (χ4v) is 3.96. The van der Waals surface area contributed by atoms with E-state index < -0.39 is 0 Å². The fraction of sp³-hybridized carbons (Fsp3) is 0.625. The number of benzene rings is 1. The Labute approximate surface area is 114 Å². The van der Waals surface area contributed by atoms with Gasteiger partial charge in [-0.15, -0.1) is 0 Å². The molecule has 1 aliphatic carbocycles. The summed E-state index contributed by atoms with van der Waals surface area (Å²) in [6, 6.07) is 6.11. The van der Waals surface area contributed by atoms with Crippen LogP contribution in [-0.4, -0.2) is 19.1 Å². The minimum Gasteiger partial charge on any atom is -0.368 e. The van der Waals surface area contributed by atoms with Gasteiger partial charge in [-0.05, 0) is 56.7 Å². The number of anilines is 1. The van der Waals surface area contributed by atoms with E-state index in [1.165, 1.54) is 32.1 Å². The first kappa shape index (κ1) is 12.9. The van der Waals surface area contributed by atoms with Gasteiger partial charge in [-0.2, -0.15) is 0 Å². The van der Waals surface area contributed by atoms with E-state index in [1.807, 2.05) is 6.07 Å². The SMILES string of the molecule is NCCc1c(F)cccc1N1CCCC2CCCC21.